The van der Waals surface area contributed by atoms with E-state index in [1.54, 1.807) is 7.11 Å². The fourth-order valence-corrected chi connectivity index (χ4v) is 4.14. The average Bonchev–Trinajstić information content (AvgIpc) is 2.90. The van der Waals surface area contributed by atoms with Crippen LogP contribution in [0.15, 0.2) is 0 Å². The monoisotopic (exact) mass is 351 g/mol. The fourth-order valence-electron chi connectivity index (χ4n) is 4.14. The van der Waals surface area contributed by atoms with Gasteiger partial charge in [0.05, 0.1) is 36.5 Å². The SMILES string of the molecule is COC1CCN(C)CC1NC(=O)C1C(N)NN2CC(CC#N)CNC12. The lowest BCUT2D eigenvalue weighted by Crippen LogP contribution is -2.60. The molecule has 5 N–H and O–H groups in total. The van der Waals surface area contributed by atoms with Crippen molar-refractivity contribution in [3.05, 3.63) is 0 Å². The predicted octanol–water partition coefficient (Wildman–Crippen LogP) is -2.00. The topological polar surface area (TPSA) is 119 Å². The Morgan fingerprint density at radius 3 is 3.00 bits per heavy atom. The Balaban J connectivity index is 1.63. The van der Waals surface area contributed by atoms with Crippen LogP contribution in [0.25, 0.3) is 0 Å². The van der Waals surface area contributed by atoms with E-state index in [0.29, 0.717) is 6.42 Å². The zero-order valence-corrected chi connectivity index (χ0v) is 14.9. The highest BCUT2D eigenvalue weighted by Gasteiger charge is 2.47. The number of nitriles is 1. The van der Waals surface area contributed by atoms with Crippen LogP contribution in [0.2, 0.25) is 0 Å². The molecule has 3 rings (SSSR count). The molecule has 0 radical (unpaired) electrons. The Kier molecular flexibility index (Phi) is 5.89. The molecule has 0 aromatic rings. The molecule has 1 amide bonds. The van der Waals surface area contributed by atoms with Crippen molar-refractivity contribution in [2.24, 2.45) is 17.6 Å². The molecule has 0 spiro atoms. The summed E-state index contributed by atoms with van der Waals surface area (Å²) in [6, 6.07) is 2.17. The van der Waals surface area contributed by atoms with Crippen LogP contribution >= 0.6 is 0 Å². The van der Waals surface area contributed by atoms with E-state index in [4.69, 9.17) is 15.7 Å². The number of likely N-dealkylation sites (N-methyl/N-ethyl adjacent to an activating group) is 1. The Hall–Kier alpha value is -1.28. The summed E-state index contributed by atoms with van der Waals surface area (Å²) in [5.41, 5.74) is 9.38. The summed E-state index contributed by atoms with van der Waals surface area (Å²) >= 11 is 0. The van der Waals surface area contributed by atoms with Crippen molar-refractivity contribution < 1.29 is 9.53 Å². The molecule has 6 atom stereocenters. The molecule has 9 heteroatoms. The minimum atomic E-state index is -0.444. The van der Waals surface area contributed by atoms with Gasteiger partial charge < -0.3 is 20.7 Å². The number of nitrogens with two attached hydrogens (primary N) is 1. The second kappa shape index (κ2) is 7.95. The van der Waals surface area contributed by atoms with Gasteiger partial charge in [0.1, 0.15) is 0 Å². The Morgan fingerprint density at radius 1 is 1.48 bits per heavy atom. The highest BCUT2D eigenvalue weighted by molar-refractivity contribution is 5.80. The standard InChI is InChI=1S/C16H29N7O2/c1-22-6-4-12(25-2)11(9-22)20-16(24)13-14(18)21-23-8-10(3-5-17)7-19-15(13)23/h10-15,19,21H,3-4,6-9,18H2,1-2H3,(H,20,24). The summed E-state index contributed by atoms with van der Waals surface area (Å²) in [6.45, 7) is 3.18. The van der Waals surface area contributed by atoms with Crippen molar-refractivity contribution in [1.29, 1.82) is 5.26 Å². The Morgan fingerprint density at radius 2 is 2.28 bits per heavy atom. The molecular formula is C16H29N7O2. The first-order valence-corrected chi connectivity index (χ1v) is 8.94. The van der Waals surface area contributed by atoms with Gasteiger partial charge in [-0.15, -0.1) is 0 Å². The van der Waals surface area contributed by atoms with Crippen molar-refractivity contribution in [2.75, 3.05) is 40.3 Å². The molecule has 0 bridgehead atoms. The van der Waals surface area contributed by atoms with Crippen LogP contribution in [0.1, 0.15) is 12.8 Å². The fraction of sp³-hybridized carbons (Fsp3) is 0.875. The van der Waals surface area contributed by atoms with E-state index < -0.39 is 6.17 Å². The minimum Gasteiger partial charge on any atom is -0.379 e. The van der Waals surface area contributed by atoms with Gasteiger partial charge in [0.2, 0.25) is 5.91 Å². The predicted molar refractivity (Wildman–Crippen MR) is 91.7 cm³/mol. The molecule has 3 fully saturated rings. The van der Waals surface area contributed by atoms with Gasteiger partial charge in [0, 0.05) is 39.7 Å². The van der Waals surface area contributed by atoms with Crippen LogP contribution in [0.3, 0.4) is 0 Å². The molecule has 25 heavy (non-hydrogen) atoms. The van der Waals surface area contributed by atoms with E-state index >= 15 is 0 Å². The van der Waals surface area contributed by atoms with Crippen LogP contribution in [0, 0.1) is 23.2 Å². The van der Waals surface area contributed by atoms with Crippen LogP contribution < -0.4 is 21.8 Å². The van der Waals surface area contributed by atoms with Crippen LogP contribution in [0.5, 0.6) is 0 Å². The van der Waals surface area contributed by atoms with Crippen molar-refractivity contribution in [2.45, 2.75) is 37.3 Å². The maximum atomic E-state index is 12.9. The van der Waals surface area contributed by atoms with E-state index in [9.17, 15) is 4.79 Å². The number of methoxy groups -OCH3 is 1. The van der Waals surface area contributed by atoms with Gasteiger partial charge in [-0.05, 0) is 19.4 Å². The lowest BCUT2D eigenvalue weighted by atomic mass is 9.96. The summed E-state index contributed by atoms with van der Waals surface area (Å²) in [4.78, 5) is 15.1. The van der Waals surface area contributed by atoms with Crippen molar-refractivity contribution >= 4 is 5.91 Å². The number of carbonyl (C=O) groups excluding carboxylic acids is 1. The van der Waals surface area contributed by atoms with Gasteiger partial charge in [0.25, 0.3) is 0 Å². The summed E-state index contributed by atoms with van der Waals surface area (Å²) in [5.74, 6) is -0.193. The number of amides is 1. The molecule has 3 heterocycles. The second-order valence-electron chi connectivity index (χ2n) is 7.35. The third kappa shape index (κ3) is 3.95. The van der Waals surface area contributed by atoms with Crippen molar-refractivity contribution in [3.63, 3.8) is 0 Å². The minimum absolute atomic E-state index is 0.0289. The van der Waals surface area contributed by atoms with Gasteiger partial charge in [0.15, 0.2) is 0 Å². The smallest absolute Gasteiger partial charge is 0.229 e. The van der Waals surface area contributed by atoms with Crippen LogP contribution in [-0.4, -0.2) is 80.6 Å². The number of carbonyl (C=O) groups is 1. The Bertz CT molecular complexity index is 525. The summed E-state index contributed by atoms with van der Waals surface area (Å²) in [6.07, 6.45) is 0.832. The van der Waals surface area contributed by atoms with E-state index in [2.05, 4.69) is 27.0 Å². The number of nitrogens with one attached hydrogen (secondary N) is 3. The molecule has 3 aliphatic rings. The van der Waals surface area contributed by atoms with Crippen LogP contribution in [0.4, 0.5) is 0 Å². The van der Waals surface area contributed by atoms with Gasteiger partial charge >= 0.3 is 0 Å². The lowest BCUT2D eigenvalue weighted by molar-refractivity contribution is -0.129. The van der Waals surface area contributed by atoms with E-state index in [0.717, 1.165) is 32.6 Å². The second-order valence-corrected chi connectivity index (χ2v) is 7.35. The largest absolute Gasteiger partial charge is 0.379 e. The number of hydrazine groups is 1. The van der Waals surface area contributed by atoms with E-state index in [-0.39, 0.29) is 36.1 Å². The Labute approximate surface area is 148 Å². The molecule has 0 aliphatic carbocycles. The molecule has 3 aliphatic heterocycles. The number of fused-ring (bicyclic) bond motifs is 1. The number of rotatable bonds is 4. The van der Waals surface area contributed by atoms with Gasteiger partial charge in [-0.3, -0.25) is 10.1 Å². The molecule has 6 unspecified atom stereocenters. The average molecular weight is 351 g/mol. The third-order valence-electron chi connectivity index (χ3n) is 5.51. The normalized spacial score (nSPS) is 39.6. The first kappa shape index (κ1) is 18.5. The van der Waals surface area contributed by atoms with Crippen molar-refractivity contribution in [1.82, 2.24) is 26.0 Å². The zero-order chi connectivity index (χ0) is 18.0. The molecule has 3 saturated heterocycles. The number of hydrogen-bond donors (Lipinski definition) is 4. The van der Waals surface area contributed by atoms with Crippen LogP contribution in [-0.2, 0) is 9.53 Å². The van der Waals surface area contributed by atoms with Gasteiger partial charge in [-0.2, -0.15) is 5.26 Å². The third-order valence-corrected chi connectivity index (χ3v) is 5.51. The summed E-state index contributed by atoms with van der Waals surface area (Å²) < 4.78 is 5.55. The van der Waals surface area contributed by atoms with Gasteiger partial charge in [-0.25, -0.2) is 10.4 Å². The zero-order valence-electron chi connectivity index (χ0n) is 14.9. The summed E-state index contributed by atoms with van der Waals surface area (Å²) in [5, 5.41) is 17.4. The number of likely N-dealkylation sites (tertiary alicyclic amines) is 1. The summed E-state index contributed by atoms with van der Waals surface area (Å²) in [7, 11) is 3.74. The van der Waals surface area contributed by atoms with E-state index in [1.165, 1.54) is 0 Å². The maximum Gasteiger partial charge on any atom is 0.229 e. The molecule has 140 valence electrons. The first-order chi connectivity index (χ1) is 12.0. The van der Waals surface area contributed by atoms with Gasteiger partial charge in [-0.1, -0.05) is 0 Å². The molecule has 0 aromatic heterocycles. The molecule has 0 saturated carbocycles. The van der Waals surface area contributed by atoms with Crippen molar-refractivity contribution in [3.8, 4) is 6.07 Å². The maximum absolute atomic E-state index is 12.9. The highest BCUT2D eigenvalue weighted by atomic mass is 16.5. The lowest BCUT2D eigenvalue weighted by Gasteiger charge is -2.38. The number of nitrogens with zero attached hydrogens (tertiary/aromatic N) is 3. The quantitative estimate of drug-likeness (QED) is 0.459. The molecular weight excluding hydrogens is 322 g/mol. The first-order valence-electron chi connectivity index (χ1n) is 8.94. The number of piperidine rings is 1. The number of ether oxygens (including phenoxy) is 1. The highest BCUT2D eigenvalue weighted by Crippen LogP contribution is 2.24. The molecule has 9 nitrogen and oxygen atoms in total. The molecule has 0 aromatic carbocycles. The van der Waals surface area contributed by atoms with E-state index in [1.807, 2.05) is 12.1 Å². The number of hydrogen-bond acceptors (Lipinski definition) is 8.